The van der Waals surface area contributed by atoms with Gasteiger partial charge in [-0.15, -0.1) is 0 Å². The van der Waals surface area contributed by atoms with Crippen molar-refractivity contribution < 1.29 is 43.0 Å². The van der Waals surface area contributed by atoms with Gasteiger partial charge in [-0.1, -0.05) is 161 Å². The maximum absolute atomic E-state index is 12.6. The number of aliphatic hydroxyl groups excluding tert-OH is 2. The largest absolute Gasteiger partial charge is 0.472 e. The highest BCUT2D eigenvalue weighted by atomic mass is 31.2. The molecule has 0 aliphatic heterocycles. The molecule has 0 aromatic rings. The van der Waals surface area contributed by atoms with Gasteiger partial charge in [0.15, 0.2) is 0 Å². The molecule has 298 valence electrons. The normalized spacial score (nSPS) is 14.3. The third-order valence-electron chi connectivity index (χ3n) is 8.95. The molecule has 10 heteroatoms. The summed E-state index contributed by atoms with van der Waals surface area (Å²) in [5.41, 5.74) is 0. The Morgan fingerprint density at radius 1 is 0.600 bits per heavy atom. The van der Waals surface area contributed by atoms with Crippen molar-refractivity contribution in [2.75, 3.05) is 33.0 Å². The Morgan fingerprint density at radius 3 is 1.50 bits per heavy atom. The number of allylic oxidation sites excluding steroid dienone is 2. The van der Waals surface area contributed by atoms with Crippen molar-refractivity contribution in [1.82, 2.24) is 0 Å². The monoisotopic (exact) mass is 735 g/mol. The molecule has 0 aliphatic carbocycles. The number of unbranched alkanes of at least 4 members (excludes halogenated alkanes) is 24. The van der Waals surface area contributed by atoms with Crippen LogP contribution in [0.25, 0.3) is 0 Å². The van der Waals surface area contributed by atoms with Crippen LogP contribution in [0.15, 0.2) is 12.2 Å². The molecule has 0 rings (SSSR count). The minimum absolute atomic E-state index is 0.0503. The van der Waals surface area contributed by atoms with Crippen molar-refractivity contribution in [2.45, 2.75) is 206 Å². The molecule has 0 amide bonds. The summed E-state index contributed by atoms with van der Waals surface area (Å²) in [6.07, 6.45) is 35.9. The van der Waals surface area contributed by atoms with Crippen molar-refractivity contribution in [3.05, 3.63) is 12.2 Å². The number of esters is 1. The fraction of sp³-hybridized carbons (Fsp3) is 0.925. The van der Waals surface area contributed by atoms with Crippen LogP contribution >= 0.6 is 7.82 Å². The van der Waals surface area contributed by atoms with Gasteiger partial charge in [0, 0.05) is 13.0 Å². The zero-order valence-corrected chi connectivity index (χ0v) is 33.3. The number of ether oxygens (including phenoxy) is 2. The van der Waals surface area contributed by atoms with Crippen LogP contribution in [0.1, 0.15) is 194 Å². The molecule has 9 nitrogen and oxygen atoms in total. The summed E-state index contributed by atoms with van der Waals surface area (Å²) in [6.45, 7) is 3.52. The SMILES string of the molecule is CCCCCCC/C=C\CCCCCCCCOCC(COP(=O)(O)OCC(O)CO)OC(=O)CCCCCCCCCCCCCCCC. The van der Waals surface area contributed by atoms with Crippen LogP contribution in [0.2, 0.25) is 0 Å². The first-order valence-electron chi connectivity index (χ1n) is 20.7. The van der Waals surface area contributed by atoms with E-state index in [4.69, 9.17) is 23.6 Å². The van der Waals surface area contributed by atoms with Gasteiger partial charge < -0.3 is 24.6 Å². The van der Waals surface area contributed by atoms with E-state index in [0.29, 0.717) is 6.61 Å². The van der Waals surface area contributed by atoms with Crippen LogP contribution in [-0.4, -0.2) is 66.3 Å². The van der Waals surface area contributed by atoms with Gasteiger partial charge in [-0.05, 0) is 38.5 Å². The van der Waals surface area contributed by atoms with Gasteiger partial charge in [0.25, 0.3) is 0 Å². The number of rotatable bonds is 40. The first-order valence-corrected chi connectivity index (χ1v) is 22.2. The highest BCUT2D eigenvalue weighted by Crippen LogP contribution is 2.43. The molecule has 0 saturated carbocycles. The Balaban J connectivity index is 4.18. The molecule has 3 unspecified atom stereocenters. The number of aliphatic hydroxyl groups is 2. The summed E-state index contributed by atoms with van der Waals surface area (Å²) in [5, 5.41) is 18.3. The number of phosphoric ester groups is 1. The molecule has 0 saturated heterocycles. The Morgan fingerprint density at radius 2 is 1.02 bits per heavy atom. The molecule has 0 radical (unpaired) electrons. The van der Waals surface area contributed by atoms with E-state index in [1.165, 1.54) is 128 Å². The molecule has 0 bridgehead atoms. The summed E-state index contributed by atoms with van der Waals surface area (Å²) in [5.74, 6) is -0.382. The van der Waals surface area contributed by atoms with E-state index in [-0.39, 0.29) is 25.6 Å². The zero-order chi connectivity index (χ0) is 36.8. The number of carbonyl (C=O) groups excluding carboxylic acids is 1. The lowest BCUT2D eigenvalue weighted by molar-refractivity contribution is -0.154. The van der Waals surface area contributed by atoms with Gasteiger partial charge in [0.1, 0.15) is 12.2 Å². The average molecular weight is 735 g/mol. The molecule has 0 spiro atoms. The molecular formula is C40H79O9P. The lowest BCUT2D eigenvalue weighted by Crippen LogP contribution is -2.29. The summed E-state index contributed by atoms with van der Waals surface area (Å²) in [7, 11) is -4.51. The van der Waals surface area contributed by atoms with Gasteiger partial charge in [-0.25, -0.2) is 4.57 Å². The van der Waals surface area contributed by atoms with Gasteiger partial charge in [-0.2, -0.15) is 0 Å². The highest BCUT2D eigenvalue weighted by Gasteiger charge is 2.26. The van der Waals surface area contributed by atoms with E-state index in [9.17, 15) is 19.4 Å². The van der Waals surface area contributed by atoms with Crippen LogP contribution in [0.5, 0.6) is 0 Å². The van der Waals surface area contributed by atoms with Crippen LogP contribution in [0.4, 0.5) is 0 Å². The number of phosphoric acid groups is 1. The Labute approximate surface area is 307 Å². The van der Waals surface area contributed by atoms with Crippen molar-refractivity contribution in [3.63, 3.8) is 0 Å². The lowest BCUT2D eigenvalue weighted by Gasteiger charge is -2.20. The molecule has 0 fully saturated rings. The Bertz CT molecular complexity index is 795. The molecule has 50 heavy (non-hydrogen) atoms. The molecule has 3 atom stereocenters. The van der Waals surface area contributed by atoms with Crippen LogP contribution < -0.4 is 0 Å². The topological polar surface area (TPSA) is 132 Å². The summed E-state index contributed by atoms with van der Waals surface area (Å²) < 4.78 is 33.3. The standard InChI is InChI=1S/C40H79O9P/c1-3-5-7-9-11-13-15-17-19-21-23-25-27-29-31-33-46-36-39(37-48-50(44,45)47-35-38(42)34-41)49-40(43)32-30-28-26-24-22-20-18-16-14-12-10-8-6-4-2/h15,17,38-39,41-42H,3-14,16,18-37H2,1-2H3,(H,44,45)/b17-15-. The second-order valence-corrected chi connectivity index (χ2v) is 15.5. The second kappa shape index (κ2) is 37.9. The molecule has 0 aliphatic rings. The maximum Gasteiger partial charge on any atom is 0.472 e. The van der Waals surface area contributed by atoms with Crippen molar-refractivity contribution >= 4 is 13.8 Å². The number of hydrogen-bond donors (Lipinski definition) is 3. The van der Waals surface area contributed by atoms with Crippen LogP contribution in [0.3, 0.4) is 0 Å². The van der Waals surface area contributed by atoms with E-state index >= 15 is 0 Å². The summed E-state index contributed by atoms with van der Waals surface area (Å²) in [4.78, 5) is 22.5. The third kappa shape index (κ3) is 37.0. The minimum atomic E-state index is -4.51. The molecule has 0 aromatic carbocycles. The Kier molecular flexibility index (Phi) is 37.3. The van der Waals surface area contributed by atoms with Gasteiger partial charge in [0.05, 0.1) is 26.4 Å². The zero-order valence-electron chi connectivity index (χ0n) is 32.4. The predicted octanol–water partition coefficient (Wildman–Crippen LogP) is 10.9. The smallest absolute Gasteiger partial charge is 0.457 e. The van der Waals surface area contributed by atoms with Crippen LogP contribution in [0, 0.1) is 0 Å². The lowest BCUT2D eigenvalue weighted by atomic mass is 10.0. The van der Waals surface area contributed by atoms with E-state index < -0.39 is 33.2 Å². The van der Waals surface area contributed by atoms with E-state index in [1.54, 1.807) is 0 Å². The van der Waals surface area contributed by atoms with Crippen molar-refractivity contribution in [1.29, 1.82) is 0 Å². The Hall–Kier alpha value is -0.800. The number of carbonyl (C=O) groups is 1. The fourth-order valence-electron chi connectivity index (χ4n) is 5.76. The molecule has 0 aromatic heterocycles. The van der Waals surface area contributed by atoms with E-state index in [2.05, 4.69) is 26.0 Å². The first kappa shape index (κ1) is 49.2. The molecule has 3 N–H and O–H groups in total. The van der Waals surface area contributed by atoms with Crippen molar-refractivity contribution in [3.8, 4) is 0 Å². The van der Waals surface area contributed by atoms with Gasteiger partial charge in [-0.3, -0.25) is 13.8 Å². The minimum Gasteiger partial charge on any atom is -0.457 e. The molecule has 0 heterocycles. The summed E-state index contributed by atoms with van der Waals surface area (Å²) >= 11 is 0. The van der Waals surface area contributed by atoms with E-state index in [1.807, 2.05) is 0 Å². The van der Waals surface area contributed by atoms with Crippen LogP contribution in [-0.2, 0) is 27.9 Å². The molecular weight excluding hydrogens is 655 g/mol. The first-order chi connectivity index (χ1) is 24.3. The van der Waals surface area contributed by atoms with Crippen molar-refractivity contribution in [2.24, 2.45) is 0 Å². The maximum atomic E-state index is 12.6. The fourth-order valence-corrected chi connectivity index (χ4v) is 6.55. The number of hydrogen-bond acceptors (Lipinski definition) is 8. The van der Waals surface area contributed by atoms with Gasteiger partial charge in [0.2, 0.25) is 0 Å². The summed E-state index contributed by atoms with van der Waals surface area (Å²) in [6, 6.07) is 0. The van der Waals surface area contributed by atoms with Gasteiger partial charge >= 0.3 is 13.8 Å². The highest BCUT2D eigenvalue weighted by molar-refractivity contribution is 7.47. The second-order valence-electron chi connectivity index (χ2n) is 14.0. The quantitative estimate of drug-likeness (QED) is 0.0243. The predicted molar refractivity (Wildman–Crippen MR) is 205 cm³/mol. The average Bonchev–Trinajstić information content (AvgIpc) is 3.10. The van der Waals surface area contributed by atoms with E-state index in [0.717, 1.165) is 44.9 Å². The third-order valence-corrected chi connectivity index (χ3v) is 9.90.